The van der Waals surface area contributed by atoms with E-state index in [2.05, 4.69) is 5.32 Å². The van der Waals surface area contributed by atoms with E-state index in [1.54, 1.807) is 20.8 Å². The van der Waals surface area contributed by atoms with Crippen LogP contribution in [-0.4, -0.2) is 53.1 Å². The predicted octanol–water partition coefficient (Wildman–Crippen LogP) is 3.61. The van der Waals surface area contributed by atoms with E-state index in [0.717, 1.165) is 10.8 Å². The fraction of sp³-hybridized carbons (Fsp3) is 0.500. The number of ether oxygens (including phenoxy) is 2. The number of likely N-dealkylation sites (tertiary alicyclic amines) is 1. The molecule has 3 atom stereocenters. The molecule has 0 spiro atoms. The monoisotopic (exact) mass is 469 g/mol. The number of amides is 3. The molecule has 0 saturated carbocycles. The second-order valence-corrected chi connectivity index (χ2v) is 10.8. The van der Waals surface area contributed by atoms with Crippen molar-refractivity contribution in [3.8, 4) is 5.75 Å². The minimum atomic E-state index is -0.916. The molecular weight excluding hydrogens is 434 g/mol. The van der Waals surface area contributed by atoms with Crippen LogP contribution < -0.4 is 15.8 Å². The molecule has 0 bridgehead atoms. The normalized spacial score (nSPS) is 19.5. The summed E-state index contributed by atoms with van der Waals surface area (Å²) >= 11 is 0. The van der Waals surface area contributed by atoms with Gasteiger partial charge in [0.2, 0.25) is 11.8 Å². The van der Waals surface area contributed by atoms with Crippen molar-refractivity contribution in [3.05, 3.63) is 42.5 Å². The van der Waals surface area contributed by atoms with Gasteiger partial charge in [0.25, 0.3) is 0 Å². The Labute approximate surface area is 200 Å². The highest BCUT2D eigenvalue weighted by atomic mass is 16.6. The lowest BCUT2D eigenvalue weighted by Gasteiger charge is -2.35. The van der Waals surface area contributed by atoms with Crippen LogP contribution in [0, 0.1) is 5.41 Å². The standard InChI is InChI=1S/C26H35N3O5/c1-25(2,3)21(28-24(32)34-26(4,5)6)23(31)29-15-17(14-19(29)22(27)30)33-20-13-9-11-16-10-7-8-12-18(16)20/h7-13,17,19,21H,14-15H2,1-6H3,(H2,27,30)(H,28,32)/t17-,19+,21-/m1/s1. The van der Waals surface area contributed by atoms with Crippen LogP contribution in [0.15, 0.2) is 42.5 Å². The van der Waals surface area contributed by atoms with Gasteiger partial charge in [-0.3, -0.25) is 9.59 Å². The molecule has 2 aromatic carbocycles. The van der Waals surface area contributed by atoms with Crippen LogP contribution in [-0.2, 0) is 14.3 Å². The molecule has 1 aliphatic rings. The third kappa shape index (κ3) is 5.98. The van der Waals surface area contributed by atoms with Gasteiger partial charge in [0.05, 0.1) is 6.54 Å². The molecule has 8 nitrogen and oxygen atoms in total. The van der Waals surface area contributed by atoms with Crippen molar-refractivity contribution in [1.82, 2.24) is 10.2 Å². The molecule has 3 amide bonds. The number of alkyl carbamates (subject to hydrolysis) is 1. The molecule has 2 aromatic rings. The van der Waals surface area contributed by atoms with Crippen molar-refractivity contribution in [2.24, 2.45) is 11.1 Å². The van der Waals surface area contributed by atoms with Gasteiger partial charge in [-0.15, -0.1) is 0 Å². The molecular formula is C26H35N3O5. The van der Waals surface area contributed by atoms with Crippen molar-refractivity contribution in [1.29, 1.82) is 0 Å². The minimum absolute atomic E-state index is 0.179. The SMILES string of the molecule is CC(C)(C)OC(=O)N[C@H](C(=O)N1C[C@H](Oc2cccc3ccccc23)C[C@H]1C(N)=O)C(C)(C)C. The molecule has 0 aromatic heterocycles. The highest BCUT2D eigenvalue weighted by Gasteiger charge is 2.45. The third-order valence-electron chi connectivity index (χ3n) is 5.69. The van der Waals surface area contributed by atoms with Gasteiger partial charge in [-0.25, -0.2) is 4.79 Å². The maximum absolute atomic E-state index is 13.6. The number of carbonyl (C=O) groups excluding carboxylic acids is 3. The summed E-state index contributed by atoms with van der Waals surface area (Å²) < 4.78 is 11.6. The Hall–Kier alpha value is -3.29. The van der Waals surface area contributed by atoms with E-state index in [-0.39, 0.29) is 13.0 Å². The van der Waals surface area contributed by atoms with Gasteiger partial charge in [-0.1, -0.05) is 57.2 Å². The van der Waals surface area contributed by atoms with Crippen molar-refractivity contribution in [2.45, 2.75) is 71.8 Å². The van der Waals surface area contributed by atoms with Gasteiger partial charge in [0, 0.05) is 11.8 Å². The van der Waals surface area contributed by atoms with E-state index in [9.17, 15) is 14.4 Å². The number of nitrogens with zero attached hydrogens (tertiary/aromatic N) is 1. The van der Waals surface area contributed by atoms with Gasteiger partial charge in [0.15, 0.2) is 0 Å². The second-order valence-electron chi connectivity index (χ2n) is 10.8. The lowest BCUT2D eigenvalue weighted by atomic mass is 9.85. The van der Waals surface area contributed by atoms with Crippen LogP contribution in [0.2, 0.25) is 0 Å². The molecule has 1 fully saturated rings. The first-order valence-corrected chi connectivity index (χ1v) is 11.5. The van der Waals surface area contributed by atoms with Crippen molar-refractivity contribution in [2.75, 3.05) is 6.54 Å². The zero-order chi connectivity index (χ0) is 25.3. The number of hydrogen-bond donors (Lipinski definition) is 2. The maximum atomic E-state index is 13.6. The van der Waals surface area contributed by atoms with E-state index in [4.69, 9.17) is 15.2 Å². The molecule has 3 N–H and O–H groups in total. The maximum Gasteiger partial charge on any atom is 0.408 e. The molecule has 184 valence electrons. The Balaban J connectivity index is 1.82. The average Bonchev–Trinajstić information content (AvgIpc) is 3.14. The molecule has 0 radical (unpaired) electrons. The summed E-state index contributed by atoms with van der Waals surface area (Å²) in [5, 5.41) is 4.68. The summed E-state index contributed by atoms with van der Waals surface area (Å²) in [7, 11) is 0. The Kier molecular flexibility index (Phi) is 7.10. The molecule has 0 unspecified atom stereocenters. The average molecular weight is 470 g/mol. The van der Waals surface area contributed by atoms with Crippen molar-refractivity contribution >= 4 is 28.7 Å². The van der Waals surface area contributed by atoms with Gasteiger partial charge in [0.1, 0.15) is 29.5 Å². The lowest BCUT2D eigenvalue weighted by molar-refractivity contribution is -0.141. The van der Waals surface area contributed by atoms with E-state index in [1.807, 2.05) is 63.2 Å². The van der Waals surface area contributed by atoms with E-state index >= 15 is 0 Å². The quantitative estimate of drug-likeness (QED) is 0.695. The van der Waals surface area contributed by atoms with E-state index in [0.29, 0.717) is 5.75 Å². The summed E-state index contributed by atoms with van der Waals surface area (Å²) in [6.07, 6.45) is -0.846. The van der Waals surface area contributed by atoms with Crippen molar-refractivity contribution < 1.29 is 23.9 Å². The predicted molar refractivity (Wildman–Crippen MR) is 130 cm³/mol. The van der Waals surface area contributed by atoms with Gasteiger partial charge < -0.3 is 25.4 Å². The number of carbonyl (C=O) groups is 3. The molecule has 3 rings (SSSR count). The number of nitrogens with one attached hydrogen (secondary N) is 1. The molecule has 1 saturated heterocycles. The molecule has 0 aliphatic carbocycles. The largest absolute Gasteiger partial charge is 0.488 e. The van der Waals surface area contributed by atoms with Crippen molar-refractivity contribution in [3.63, 3.8) is 0 Å². The van der Waals surface area contributed by atoms with Crippen LogP contribution in [0.4, 0.5) is 4.79 Å². The summed E-state index contributed by atoms with van der Waals surface area (Å²) in [6.45, 7) is 10.9. The van der Waals surface area contributed by atoms with Gasteiger partial charge >= 0.3 is 6.09 Å². The molecule has 1 aliphatic heterocycles. The first kappa shape index (κ1) is 25.3. The second kappa shape index (κ2) is 9.52. The Morgan fingerprint density at radius 2 is 1.68 bits per heavy atom. The third-order valence-corrected chi connectivity index (χ3v) is 5.69. The fourth-order valence-corrected chi connectivity index (χ4v) is 4.11. The zero-order valence-electron chi connectivity index (χ0n) is 20.8. The van der Waals surface area contributed by atoms with Crippen LogP contribution in [0.25, 0.3) is 10.8 Å². The first-order valence-electron chi connectivity index (χ1n) is 11.5. The fourth-order valence-electron chi connectivity index (χ4n) is 4.11. The minimum Gasteiger partial charge on any atom is -0.488 e. The highest BCUT2D eigenvalue weighted by molar-refractivity contribution is 5.92. The molecule has 8 heteroatoms. The first-order chi connectivity index (χ1) is 15.8. The number of nitrogens with two attached hydrogens (primary N) is 1. The van der Waals surface area contributed by atoms with Gasteiger partial charge in [-0.2, -0.15) is 0 Å². The summed E-state index contributed by atoms with van der Waals surface area (Å²) in [4.78, 5) is 39.8. The van der Waals surface area contributed by atoms with Crippen LogP contribution in [0.5, 0.6) is 5.75 Å². The highest BCUT2D eigenvalue weighted by Crippen LogP contribution is 2.31. The Morgan fingerprint density at radius 3 is 2.29 bits per heavy atom. The van der Waals surface area contributed by atoms with E-state index < -0.39 is 47.1 Å². The molecule has 1 heterocycles. The van der Waals surface area contributed by atoms with Gasteiger partial charge in [-0.05, 0) is 37.6 Å². The van der Waals surface area contributed by atoms with Crippen LogP contribution in [0.3, 0.4) is 0 Å². The Morgan fingerprint density at radius 1 is 1.03 bits per heavy atom. The summed E-state index contributed by atoms with van der Waals surface area (Å²) in [5.41, 5.74) is 4.32. The number of fused-ring (bicyclic) bond motifs is 1. The summed E-state index contributed by atoms with van der Waals surface area (Å²) in [5.74, 6) is -0.326. The van der Waals surface area contributed by atoms with Crippen LogP contribution >= 0.6 is 0 Å². The van der Waals surface area contributed by atoms with Crippen LogP contribution in [0.1, 0.15) is 48.0 Å². The zero-order valence-corrected chi connectivity index (χ0v) is 20.8. The smallest absolute Gasteiger partial charge is 0.408 e. The summed E-state index contributed by atoms with van der Waals surface area (Å²) in [6, 6.07) is 11.9. The van der Waals surface area contributed by atoms with E-state index in [1.165, 1.54) is 4.90 Å². The number of primary amides is 1. The lowest BCUT2D eigenvalue weighted by Crippen LogP contribution is -2.58. The number of rotatable bonds is 5. The number of benzene rings is 2. The molecule has 34 heavy (non-hydrogen) atoms. The topological polar surface area (TPSA) is 111 Å². The number of hydrogen-bond acceptors (Lipinski definition) is 5. The Bertz CT molecular complexity index is 1060.